The predicted molar refractivity (Wildman–Crippen MR) is 107 cm³/mol. The molecule has 1 aromatic carbocycles. The van der Waals surface area contributed by atoms with E-state index in [9.17, 15) is 9.59 Å². The first-order valence-electron chi connectivity index (χ1n) is 9.79. The number of aromatic nitrogens is 2. The van der Waals surface area contributed by atoms with Gasteiger partial charge in [0.05, 0.1) is 6.42 Å². The Morgan fingerprint density at radius 2 is 1.71 bits per heavy atom. The SMILES string of the molecule is CC1CC1C(=O)Nc1ccc(CC(=O)N2CCN(c3ncccn3)CC2)cc1. The number of nitrogens with zero attached hydrogens (tertiary/aromatic N) is 4. The van der Waals surface area contributed by atoms with Crippen LogP contribution in [0.1, 0.15) is 18.9 Å². The smallest absolute Gasteiger partial charge is 0.227 e. The summed E-state index contributed by atoms with van der Waals surface area (Å²) >= 11 is 0. The fourth-order valence-corrected chi connectivity index (χ4v) is 3.53. The third-order valence-electron chi connectivity index (χ3n) is 5.49. The standard InChI is InChI=1S/C21H25N5O2/c1-15-13-18(15)20(28)24-17-5-3-16(4-6-17)14-19(27)25-9-11-26(12-10-25)21-22-7-2-8-23-21/h2-8,15,18H,9-14H2,1H3,(H,24,28). The van der Waals surface area contributed by atoms with Crippen molar-refractivity contribution in [2.24, 2.45) is 11.8 Å². The van der Waals surface area contributed by atoms with Crippen molar-refractivity contribution in [2.75, 3.05) is 36.4 Å². The number of carbonyl (C=O) groups excluding carboxylic acids is 2. The number of benzene rings is 1. The first kappa shape index (κ1) is 18.4. The van der Waals surface area contributed by atoms with Gasteiger partial charge in [0, 0.05) is 50.2 Å². The highest BCUT2D eigenvalue weighted by molar-refractivity contribution is 5.94. The second kappa shape index (κ2) is 7.96. The van der Waals surface area contributed by atoms with E-state index < -0.39 is 0 Å². The van der Waals surface area contributed by atoms with Crippen molar-refractivity contribution in [3.63, 3.8) is 0 Å². The monoisotopic (exact) mass is 379 g/mol. The molecule has 0 radical (unpaired) electrons. The molecule has 2 unspecified atom stereocenters. The lowest BCUT2D eigenvalue weighted by Gasteiger charge is -2.34. The summed E-state index contributed by atoms with van der Waals surface area (Å²) in [5.41, 5.74) is 1.74. The fourth-order valence-electron chi connectivity index (χ4n) is 3.53. The van der Waals surface area contributed by atoms with E-state index in [-0.39, 0.29) is 17.7 Å². The number of piperazine rings is 1. The summed E-state index contributed by atoms with van der Waals surface area (Å²) < 4.78 is 0. The van der Waals surface area contributed by atoms with Crippen molar-refractivity contribution in [1.29, 1.82) is 0 Å². The zero-order valence-corrected chi connectivity index (χ0v) is 16.0. The first-order valence-corrected chi connectivity index (χ1v) is 9.79. The summed E-state index contributed by atoms with van der Waals surface area (Å²) in [6.45, 7) is 4.90. The molecule has 28 heavy (non-hydrogen) atoms. The largest absolute Gasteiger partial charge is 0.339 e. The zero-order valence-electron chi connectivity index (χ0n) is 16.0. The van der Waals surface area contributed by atoms with Crippen LogP contribution in [0.5, 0.6) is 0 Å². The van der Waals surface area contributed by atoms with E-state index in [0.29, 0.717) is 31.4 Å². The fraction of sp³-hybridized carbons (Fsp3) is 0.429. The summed E-state index contributed by atoms with van der Waals surface area (Å²) in [5, 5.41) is 2.95. The lowest BCUT2D eigenvalue weighted by atomic mass is 10.1. The van der Waals surface area contributed by atoms with E-state index in [1.54, 1.807) is 18.5 Å². The quantitative estimate of drug-likeness (QED) is 0.859. The van der Waals surface area contributed by atoms with E-state index in [1.165, 1.54) is 0 Å². The highest BCUT2D eigenvalue weighted by atomic mass is 16.2. The van der Waals surface area contributed by atoms with Crippen LogP contribution in [-0.4, -0.2) is 52.9 Å². The molecule has 2 heterocycles. The van der Waals surface area contributed by atoms with E-state index in [2.05, 4.69) is 27.1 Å². The summed E-state index contributed by atoms with van der Waals surface area (Å²) in [5.74, 6) is 1.58. The Morgan fingerprint density at radius 3 is 2.32 bits per heavy atom. The van der Waals surface area contributed by atoms with Crippen molar-refractivity contribution in [3.8, 4) is 0 Å². The number of amides is 2. The lowest BCUT2D eigenvalue weighted by Crippen LogP contribution is -2.49. The highest BCUT2D eigenvalue weighted by Crippen LogP contribution is 2.38. The molecule has 0 spiro atoms. The number of carbonyl (C=O) groups is 2. The first-order chi connectivity index (χ1) is 13.6. The summed E-state index contributed by atoms with van der Waals surface area (Å²) in [7, 11) is 0. The summed E-state index contributed by atoms with van der Waals surface area (Å²) in [6, 6.07) is 9.37. The van der Waals surface area contributed by atoms with Crippen molar-refractivity contribution in [1.82, 2.24) is 14.9 Å². The molecule has 1 aliphatic carbocycles. The maximum atomic E-state index is 12.6. The predicted octanol–water partition coefficient (Wildman–Crippen LogP) is 1.96. The van der Waals surface area contributed by atoms with Crippen LogP contribution in [0.4, 0.5) is 11.6 Å². The van der Waals surface area contributed by atoms with Gasteiger partial charge in [0.1, 0.15) is 0 Å². The molecule has 7 nitrogen and oxygen atoms in total. The second-order valence-corrected chi connectivity index (χ2v) is 7.60. The van der Waals surface area contributed by atoms with Crippen molar-refractivity contribution in [2.45, 2.75) is 19.8 Å². The van der Waals surface area contributed by atoms with Gasteiger partial charge in [-0.3, -0.25) is 9.59 Å². The molecule has 0 bridgehead atoms. The summed E-state index contributed by atoms with van der Waals surface area (Å²) in [4.78, 5) is 37.1. The highest BCUT2D eigenvalue weighted by Gasteiger charge is 2.39. The minimum atomic E-state index is 0.0941. The Kier molecular flexibility index (Phi) is 5.23. The Balaban J connectivity index is 1.26. The van der Waals surface area contributed by atoms with Crippen LogP contribution in [0.3, 0.4) is 0 Å². The Bertz CT molecular complexity index is 832. The molecular formula is C21H25N5O2. The third-order valence-corrected chi connectivity index (χ3v) is 5.49. The topological polar surface area (TPSA) is 78.4 Å². The lowest BCUT2D eigenvalue weighted by molar-refractivity contribution is -0.130. The minimum absolute atomic E-state index is 0.0941. The van der Waals surface area contributed by atoms with Crippen molar-refractivity contribution in [3.05, 3.63) is 48.3 Å². The van der Waals surface area contributed by atoms with Gasteiger partial charge in [0.15, 0.2) is 0 Å². The van der Waals surface area contributed by atoms with Gasteiger partial charge in [-0.05, 0) is 36.1 Å². The van der Waals surface area contributed by atoms with Crippen LogP contribution in [0.15, 0.2) is 42.7 Å². The number of nitrogens with one attached hydrogen (secondary N) is 1. The molecule has 1 saturated carbocycles. The molecule has 1 N–H and O–H groups in total. The van der Waals surface area contributed by atoms with Gasteiger partial charge < -0.3 is 15.1 Å². The van der Waals surface area contributed by atoms with Crippen molar-refractivity contribution >= 4 is 23.5 Å². The van der Waals surface area contributed by atoms with Crippen LogP contribution in [-0.2, 0) is 16.0 Å². The maximum Gasteiger partial charge on any atom is 0.227 e. The number of anilines is 2. The van der Waals surface area contributed by atoms with Crippen molar-refractivity contribution < 1.29 is 9.59 Å². The van der Waals surface area contributed by atoms with E-state index in [0.717, 1.165) is 30.8 Å². The normalized spacial score (nSPS) is 21.3. The number of rotatable bonds is 5. The molecule has 7 heteroatoms. The molecule has 2 fully saturated rings. The molecule has 2 aliphatic rings. The molecule has 2 atom stereocenters. The molecule has 2 aromatic rings. The van der Waals surface area contributed by atoms with Gasteiger partial charge >= 0.3 is 0 Å². The van der Waals surface area contributed by atoms with Gasteiger partial charge in [0.25, 0.3) is 0 Å². The van der Waals surface area contributed by atoms with E-state index in [1.807, 2.05) is 29.2 Å². The van der Waals surface area contributed by atoms with Gasteiger partial charge in [-0.15, -0.1) is 0 Å². The molecule has 1 aliphatic heterocycles. The maximum absolute atomic E-state index is 12.6. The Morgan fingerprint density at radius 1 is 1.07 bits per heavy atom. The molecule has 1 aromatic heterocycles. The van der Waals surface area contributed by atoms with E-state index in [4.69, 9.17) is 0 Å². The van der Waals surface area contributed by atoms with Gasteiger partial charge in [-0.25, -0.2) is 9.97 Å². The number of hydrogen-bond acceptors (Lipinski definition) is 5. The number of hydrogen-bond donors (Lipinski definition) is 1. The van der Waals surface area contributed by atoms with Crippen LogP contribution >= 0.6 is 0 Å². The minimum Gasteiger partial charge on any atom is -0.339 e. The van der Waals surface area contributed by atoms with Gasteiger partial charge in [-0.1, -0.05) is 19.1 Å². The Labute approximate surface area is 164 Å². The molecule has 1 saturated heterocycles. The molecular weight excluding hydrogens is 354 g/mol. The third kappa shape index (κ3) is 4.30. The van der Waals surface area contributed by atoms with Gasteiger partial charge in [-0.2, -0.15) is 0 Å². The van der Waals surface area contributed by atoms with Gasteiger partial charge in [0.2, 0.25) is 17.8 Å². The zero-order chi connectivity index (χ0) is 19.5. The Hall–Kier alpha value is -2.96. The van der Waals surface area contributed by atoms with Crippen LogP contribution in [0.2, 0.25) is 0 Å². The average molecular weight is 379 g/mol. The second-order valence-electron chi connectivity index (χ2n) is 7.60. The molecule has 2 amide bonds. The van der Waals surface area contributed by atoms with Crippen LogP contribution in [0, 0.1) is 11.8 Å². The van der Waals surface area contributed by atoms with E-state index >= 15 is 0 Å². The average Bonchev–Trinajstić information content (AvgIpc) is 3.47. The van der Waals surface area contributed by atoms with Crippen LogP contribution in [0.25, 0.3) is 0 Å². The molecule has 4 rings (SSSR count). The molecule has 146 valence electrons. The van der Waals surface area contributed by atoms with Crippen LogP contribution < -0.4 is 10.2 Å². The summed E-state index contributed by atoms with van der Waals surface area (Å²) in [6.07, 6.45) is 4.81.